The largest absolute Gasteiger partial charge is 0.493 e. The zero-order valence-corrected chi connectivity index (χ0v) is 12.1. The Morgan fingerprint density at radius 1 is 1.11 bits per heavy atom. The summed E-state index contributed by atoms with van der Waals surface area (Å²) in [5, 5.41) is 0. The van der Waals surface area contributed by atoms with E-state index in [0.717, 1.165) is 16.9 Å². The van der Waals surface area contributed by atoms with E-state index in [1.54, 1.807) is 34.7 Å². The lowest BCUT2D eigenvalue weighted by atomic mass is 10.1. The average molecular weight is 267 g/mol. The average Bonchev–Trinajstić information content (AvgIpc) is 2.44. The molecule has 1 rings (SSSR count). The van der Waals surface area contributed by atoms with Crippen LogP contribution in [-0.2, 0) is 9.47 Å². The molecule has 5 nitrogen and oxygen atoms in total. The summed E-state index contributed by atoms with van der Waals surface area (Å²) in [6, 6.07) is 3.80. The van der Waals surface area contributed by atoms with Crippen molar-refractivity contribution in [3.8, 4) is 11.5 Å². The summed E-state index contributed by atoms with van der Waals surface area (Å²) in [7, 11) is 6.42. The second-order valence-corrected chi connectivity index (χ2v) is 3.91. The fourth-order valence-corrected chi connectivity index (χ4v) is 1.72. The first-order chi connectivity index (χ1) is 9.17. The van der Waals surface area contributed by atoms with Crippen molar-refractivity contribution < 1.29 is 18.9 Å². The summed E-state index contributed by atoms with van der Waals surface area (Å²) in [5.41, 5.74) is 1.96. The monoisotopic (exact) mass is 267 g/mol. The second kappa shape index (κ2) is 7.76. The van der Waals surface area contributed by atoms with Crippen LogP contribution >= 0.6 is 0 Å². The van der Waals surface area contributed by atoms with E-state index in [1.807, 2.05) is 19.1 Å². The topological polar surface area (TPSA) is 49.3 Å². The van der Waals surface area contributed by atoms with Gasteiger partial charge in [-0.3, -0.25) is 4.99 Å². The number of hydrogen-bond donors (Lipinski definition) is 0. The highest BCUT2D eigenvalue weighted by Crippen LogP contribution is 2.31. The van der Waals surface area contributed by atoms with Crippen LogP contribution in [0.1, 0.15) is 11.1 Å². The summed E-state index contributed by atoms with van der Waals surface area (Å²) in [5.74, 6) is 1.44. The van der Waals surface area contributed by atoms with Crippen molar-refractivity contribution in [1.29, 1.82) is 0 Å². The predicted octanol–water partition coefficient (Wildman–Crippen LogP) is 2.05. The smallest absolute Gasteiger partial charge is 0.176 e. The molecule has 0 bridgehead atoms. The van der Waals surface area contributed by atoms with Crippen LogP contribution in [0.4, 0.5) is 0 Å². The molecule has 0 aromatic heterocycles. The zero-order chi connectivity index (χ0) is 14.3. The van der Waals surface area contributed by atoms with Gasteiger partial charge >= 0.3 is 0 Å². The molecule has 0 fully saturated rings. The SMILES string of the molecule is COc1ccc(C=NCC(OC)OC)c(C)c1OC. The van der Waals surface area contributed by atoms with E-state index in [0.29, 0.717) is 12.3 Å². The highest BCUT2D eigenvalue weighted by molar-refractivity contribution is 5.83. The van der Waals surface area contributed by atoms with E-state index in [2.05, 4.69) is 4.99 Å². The van der Waals surface area contributed by atoms with Gasteiger partial charge in [-0.25, -0.2) is 0 Å². The zero-order valence-electron chi connectivity index (χ0n) is 12.1. The third-order valence-corrected chi connectivity index (χ3v) is 2.85. The van der Waals surface area contributed by atoms with Crippen LogP contribution in [0.25, 0.3) is 0 Å². The Morgan fingerprint density at radius 2 is 1.79 bits per heavy atom. The van der Waals surface area contributed by atoms with Crippen molar-refractivity contribution in [2.24, 2.45) is 4.99 Å². The highest BCUT2D eigenvalue weighted by Gasteiger charge is 2.10. The molecule has 0 amide bonds. The Hall–Kier alpha value is -1.59. The number of nitrogens with zero attached hydrogens (tertiary/aromatic N) is 1. The third-order valence-electron chi connectivity index (χ3n) is 2.85. The maximum Gasteiger partial charge on any atom is 0.176 e. The van der Waals surface area contributed by atoms with Crippen LogP contribution in [0, 0.1) is 6.92 Å². The first-order valence-corrected chi connectivity index (χ1v) is 5.94. The minimum absolute atomic E-state index is 0.322. The summed E-state index contributed by atoms with van der Waals surface area (Å²) >= 11 is 0. The molecule has 0 unspecified atom stereocenters. The Labute approximate surface area is 114 Å². The number of hydrogen-bond acceptors (Lipinski definition) is 5. The number of benzene rings is 1. The van der Waals surface area contributed by atoms with E-state index in [1.165, 1.54) is 0 Å². The van der Waals surface area contributed by atoms with Gasteiger partial charge in [-0.15, -0.1) is 0 Å². The quantitative estimate of drug-likeness (QED) is 0.560. The van der Waals surface area contributed by atoms with Crippen molar-refractivity contribution in [1.82, 2.24) is 0 Å². The third kappa shape index (κ3) is 3.94. The van der Waals surface area contributed by atoms with Gasteiger partial charge in [-0.05, 0) is 24.6 Å². The fourth-order valence-electron chi connectivity index (χ4n) is 1.72. The molecule has 19 heavy (non-hydrogen) atoms. The molecular weight excluding hydrogens is 246 g/mol. The molecule has 0 heterocycles. The number of aliphatic imine (C=N–C) groups is 1. The van der Waals surface area contributed by atoms with Crippen molar-refractivity contribution in [2.75, 3.05) is 35.0 Å². The summed E-state index contributed by atoms with van der Waals surface area (Å²) < 4.78 is 20.7. The molecular formula is C14H21NO4. The van der Waals surface area contributed by atoms with Crippen LogP contribution in [0.3, 0.4) is 0 Å². The van der Waals surface area contributed by atoms with Crippen molar-refractivity contribution >= 4 is 6.21 Å². The lowest BCUT2D eigenvalue weighted by molar-refractivity contribution is -0.0936. The Balaban J connectivity index is 2.87. The predicted molar refractivity (Wildman–Crippen MR) is 74.6 cm³/mol. The molecule has 0 spiro atoms. The van der Waals surface area contributed by atoms with E-state index in [9.17, 15) is 0 Å². The number of rotatable bonds is 7. The first kappa shape index (κ1) is 15.5. The number of ether oxygens (including phenoxy) is 4. The summed E-state index contributed by atoms with van der Waals surface area (Å²) in [4.78, 5) is 4.30. The van der Waals surface area contributed by atoms with E-state index in [-0.39, 0.29) is 6.29 Å². The van der Waals surface area contributed by atoms with Gasteiger partial charge in [0.05, 0.1) is 20.8 Å². The number of methoxy groups -OCH3 is 4. The molecule has 0 radical (unpaired) electrons. The van der Waals surface area contributed by atoms with Crippen LogP contribution in [0.5, 0.6) is 11.5 Å². The van der Waals surface area contributed by atoms with E-state index < -0.39 is 0 Å². The minimum Gasteiger partial charge on any atom is -0.493 e. The normalized spacial score (nSPS) is 11.3. The van der Waals surface area contributed by atoms with Gasteiger partial charge in [0.15, 0.2) is 17.8 Å². The van der Waals surface area contributed by atoms with E-state index >= 15 is 0 Å². The van der Waals surface area contributed by atoms with Crippen LogP contribution in [0.2, 0.25) is 0 Å². The maximum absolute atomic E-state index is 5.34. The lowest BCUT2D eigenvalue weighted by Crippen LogP contribution is -2.16. The van der Waals surface area contributed by atoms with Crippen molar-refractivity contribution in [3.05, 3.63) is 23.3 Å². The molecule has 1 aromatic carbocycles. The molecule has 0 saturated heterocycles. The Bertz CT molecular complexity index is 428. The van der Waals surface area contributed by atoms with Crippen LogP contribution in [-0.4, -0.2) is 47.5 Å². The fraction of sp³-hybridized carbons (Fsp3) is 0.500. The molecule has 5 heteroatoms. The van der Waals surface area contributed by atoms with Gasteiger partial charge in [0.1, 0.15) is 0 Å². The highest BCUT2D eigenvalue weighted by atomic mass is 16.7. The minimum atomic E-state index is -0.322. The summed E-state index contributed by atoms with van der Waals surface area (Å²) in [6.45, 7) is 2.41. The molecule has 0 aliphatic rings. The van der Waals surface area contributed by atoms with Crippen molar-refractivity contribution in [3.63, 3.8) is 0 Å². The van der Waals surface area contributed by atoms with Gasteiger partial charge < -0.3 is 18.9 Å². The van der Waals surface area contributed by atoms with E-state index in [4.69, 9.17) is 18.9 Å². The van der Waals surface area contributed by atoms with Crippen molar-refractivity contribution in [2.45, 2.75) is 13.2 Å². The lowest BCUT2D eigenvalue weighted by Gasteiger charge is -2.12. The van der Waals surface area contributed by atoms with Gasteiger partial charge in [-0.1, -0.05) is 0 Å². The van der Waals surface area contributed by atoms with Gasteiger partial charge in [0, 0.05) is 26.0 Å². The van der Waals surface area contributed by atoms with Gasteiger partial charge in [-0.2, -0.15) is 0 Å². The Morgan fingerprint density at radius 3 is 2.32 bits per heavy atom. The standard InChI is InChI=1S/C14H21NO4/c1-10-11(8-15-9-13(17-3)18-4)6-7-12(16-2)14(10)19-5/h6-8,13H,9H2,1-5H3. The molecule has 0 atom stereocenters. The maximum atomic E-state index is 5.34. The molecule has 0 aliphatic carbocycles. The van der Waals surface area contributed by atoms with Crippen LogP contribution < -0.4 is 9.47 Å². The molecule has 0 saturated carbocycles. The molecule has 0 N–H and O–H groups in total. The van der Waals surface area contributed by atoms with Gasteiger partial charge in [0.25, 0.3) is 0 Å². The van der Waals surface area contributed by atoms with Gasteiger partial charge in [0.2, 0.25) is 0 Å². The molecule has 0 aliphatic heterocycles. The molecule has 106 valence electrons. The summed E-state index contributed by atoms with van der Waals surface area (Å²) in [6.07, 6.45) is 1.46. The molecule has 1 aromatic rings. The Kier molecular flexibility index (Phi) is 6.32. The first-order valence-electron chi connectivity index (χ1n) is 5.94. The second-order valence-electron chi connectivity index (χ2n) is 3.91. The van der Waals surface area contributed by atoms with Crippen LogP contribution in [0.15, 0.2) is 17.1 Å².